The molecule has 1 aromatic heterocycles. The van der Waals surface area contributed by atoms with Gasteiger partial charge in [0.25, 0.3) is 0 Å². The molecule has 0 spiro atoms. The number of H-pyrrole nitrogens is 1. The van der Waals surface area contributed by atoms with Crippen LogP contribution >= 0.6 is 0 Å². The average Bonchev–Trinajstić information content (AvgIpc) is 2.86. The summed E-state index contributed by atoms with van der Waals surface area (Å²) in [6.45, 7) is 6.30. The van der Waals surface area contributed by atoms with Crippen LogP contribution in [0.4, 0.5) is 0 Å². The Labute approximate surface area is 117 Å². The van der Waals surface area contributed by atoms with E-state index in [1.54, 1.807) is 7.11 Å². The normalized spacial score (nSPS) is 11.4. The molecule has 1 aromatic carbocycles. The second kappa shape index (κ2) is 5.00. The molecule has 20 heavy (non-hydrogen) atoms. The molecule has 2 aromatic rings. The molecule has 0 radical (unpaired) electrons. The summed E-state index contributed by atoms with van der Waals surface area (Å²) in [5, 5.41) is 8.90. The number of nitrogens with zero attached hydrogens (tertiary/aromatic N) is 1. The van der Waals surface area contributed by atoms with Crippen molar-refractivity contribution in [1.29, 1.82) is 0 Å². The van der Waals surface area contributed by atoms with Crippen molar-refractivity contribution < 1.29 is 14.6 Å². The predicted octanol–water partition coefficient (Wildman–Crippen LogP) is 3.08. The van der Waals surface area contributed by atoms with Gasteiger partial charge >= 0.3 is 5.97 Å². The zero-order valence-electron chi connectivity index (χ0n) is 12.0. The first-order valence-electron chi connectivity index (χ1n) is 6.30. The Hall–Kier alpha value is -2.30. The van der Waals surface area contributed by atoms with Crippen molar-refractivity contribution in [2.75, 3.05) is 7.11 Å². The number of rotatable bonds is 3. The summed E-state index contributed by atoms with van der Waals surface area (Å²) in [6.07, 6.45) is 1.53. The number of aromatic carboxylic acids is 1. The second-order valence-corrected chi connectivity index (χ2v) is 5.62. The smallest absolute Gasteiger partial charge is 0.371 e. The zero-order valence-corrected chi connectivity index (χ0v) is 12.0. The van der Waals surface area contributed by atoms with E-state index in [2.05, 4.69) is 30.7 Å². The molecule has 2 N–H and O–H groups in total. The Bertz CT molecular complexity index is 639. The van der Waals surface area contributed by atoms with Gasteiger partial charge in [0.15, 0.2) is 0 Å². The summed E-state index contributed by atoms with van der Waals surface area (Å²) < 4.78 is 5.39. The van der Waals surface area contributed by atoms with E-state index in [1.807, 2.05) is 18.2 Å². The van der Waals surface area contributed by atoms with E-state index in [-0.39, 0.29) is 11.2 Å². The first-order valence-corrected chi connectivity index (χ1v) is 6.30. The topological polar surface area (TPSA) is 75.2 Å². The minimum Gasteiger partial charge on any atom is -0.496 e. The molecule has 0 aliphatic carbocycles. The standard InChI is InChI=1S/C15H18N2O3/c1-15(2,3)10-7-9(5-6-12(10)20-4)11-8-16-13(17-11)14(18)19/h5-8H,1-4H3,(H,16,17)(H,18,19). The van der Waals surface area contributed by atoms with Gasteiger partial charge in [-0.1, -0.05) is 20.8 Å². The van der Waals surface area contributed by atoms with Crippen molar-refractivity contribution >= 4 is 5.97 Å². The molecule has 5 heteroatoms. The molecule has 0 aliphatic heterocycles. The lowest BCUT2D eigenvalue weighted by molar-refractivity contribution is 0.0685. The lowest BCUT2D eigenvalue weighted by atomic mass is 9.85. The summed E-state index contributed by atoms with van der Waals surface area (Å²) in [5.74, 6) is -0.312. The predicted molar refractivity (Wildman–Crippen MR) is 76.2 cm³/mol. The van der Waals surface area contributed by atoms with Crippen LogP contribution in [0.15, 0.2) is 24.4 Å². The average molecular weight is 274 g/mol. The third-order valence-corrected chi connectivity index (χ3v) is 3.10. The number of imidazole rings is 1. The van der Waals surface area contributed by atoms with Crippen LogP contribution in [0.3, 0.4) is 0 Å². The Kier molecular flexibility index (Phi) is 3.53. The van der Waals surface area contributed by atoms with Crippen molar-refractivity contribution in [2.45, 2.75) is 26.2 Å². The van der Waals surface area contributed by atoms with Gasteiger partial charge in [0, 0.05) is 11.1 Å². The van der Waals surface area contributed by atoms with Crippen LogP contribution in [-0.4, -0.2) is 28.2 Å². The van der Waals surface area contributed by atoms with Crippen molar-refractivity contribution in [3.63, 3.8) is 0 Å². The largest absolute Gasteiger partial charge is 0.496 e. The summed E-state index contributed by atoms with van der Waals surface area (Å²) in [6, 6.07) is 5.77. The van der Waals surface area contributed by atoms with Gasteiger partial charge in [-0.2, -0.15) is 0 Å². The van der Waals surface area contributed by atoms with Gasteiger partial charge in [-0.15, -0.1) is 0 Å². The monoisotopic (exact) mass is 274 g/mol. The quantitative estimate of drug-likeness (QED) is 0.901. The molecule has 0 aliphatic rings. The molecule has 0 saturated heterocycles. The Morgan fingerprint density at radius 2 is 2.05 bits per heavy atom. The summed E-state index contributed by atoms with van der Waals surface area (Å²) >= 11 is 0. The first kappa shape index (κ1) is 14.1. The number of benzene rings is 1. The van der Waals surface area contributed by atoms with Gasteiger partial charge in [0.1, 0.15) is 5.75 Å². The molecule has 0 amide bonds. The van der Waals surface area contributed by atoms with Gasteiger partial charge in [-0.05, 0) is 23.6 Å². The molecule has 106 valence electrons. The van der Waals surface area contributed by atoms with Gasteiger partial charge in [0.05, 0.1) is 19.0 Å². The minimum absolute atomic E-state index is 0.0619. The van der Waals surface area contributed by atoms with E-state index in [9.17, 15) is 4.79 Å². The lowest BCUT2D eigenvalue weighted by Gasteiger charge is -2.22. The van der Waals surface area contributed by atoms with Crippen LogP contribution in [0.25, 0.3) is 11.3 Å². The molecule has 5 nitrogen and oxygen atoms in total. The van der Waals surface area contributed by atoms with E-state index in [0.717, 1.165) is 16.9 Å². The summed E-state index contributed by atoms with van der Waals surface area (Å²) in [4.78, 5) is 17.5. The van der Waals surface area contributed by atoms with Crippen LogP contribution in [0, 0.1) is 0 Å². The zero-order chi connectivity index (χ0) is 14.9. The number of aromatic nitrogens is 2. The highest BCUT2D eigenvalue weighted by atomic mass is 16.5. The number of carboxylic acid groups (broad SMARTS) is 1. The van der Waals surface area contributed by atoms with E-state index in [1.165, 1.54) is 6.20 Å². The van der Waals surface area contributed by atoms with E-state index >= 15 is 0 Å². The number of aromatic amines is 1. The number of nitrogens with one attached hydrogen (secondary N) is 1. The summed E-state index contributed by atoms with van der Waals surface area (Å²) in [7, 11) is 1.64. The molecular formula is C15H18N2O3. The fourth-order valence-electron chi connectivity index (χ4n) is 2.04. The van der Waals surface area contributed by atoms with Gasteiger partial charge in [-0.25, -0.2) is 9.78 Å². The second-order valence-electron chi connectivity index (χ2n) is 5.62. The highest BCUT2D eigenvalue weighted by molar-refractivity contribution is 5.84. The van der Waals surface area contributed by atoms with Crippen LogP contribution in [-0.2, 0) is 5.41 Å². The maximum absolute atomic E-state index is 10.9. The maximum atomic E-state index is 10.9. The maximum Gasteiger partial charge on any atom is 0.371 e. The third kappa shape index (κ3) is 2.66. The number of hydrogen-bond donors (Lipinski definition) is 2. The highest BCUT2D eigenvalue weighted by Gasteiger charge is 2.20. The highest BCUT2D eigenvalue weighted by Crippen LogP contribution is 2.34. The van der Waals surface area contributed by atoms with E-state index in [0.29, 0.717) is 5.69 Å². The van der Waals surface area contributed by atoms with Gasteiger partial charge < -0.3 is 14.8 Å². The molecule has 0 bridgehead atoms. The van der Waals surface area contributed by atoms with Gasteiger partial charge in [-0.3, -0.25) is 0 Å². The third-order valence-electron chi connectivity index (χ3n) is 3.10. The van der Waals surface area contributed by atoms with Gasteiger partial charge in [0.2, 0.25) is 5.82 Å². The molecule has 0 atom stereocenters. The molecule has 2 rings (SSSR count). The molecule has 0 fully saturated rings. The van der Waals surface area contributed by atoms with Crippen LogP contribution in [0.1, 0.15) is 37.0 Å². The van der Waals surface area contributed by atoms with Crippen molar-refractivity contribution in [3.8, 4) is 17.0 Å². The number of carboxylic acids is 1. The Morgan fingerprint density at radius 1 is 1.35 bits per heavy atom. The number of ether oxygens (including phenoxy) is 1. The first-order chi connectivity index (χ1) is 9.32. The lowest BCUT2D eigenvalue weighted by Crippen LogP contribution is -2.12. The minimum atomic E-state index is -1.07. The molecular weight excluding hydrogens is 256 g/mol. The Balaban J connectivity index is 2.50. The van der Waals surface area contributed by atoms with E-state index < -0.39 is 5.97 Å². The van der Waals surface area contributed by atoms with Crippen molar-refractivity contribution in [3.05, 3.63) is 35.8 Å². The van der Waals surface area contributed by atoms with Crippen molar-refractivity contribution in [1.82, 2.24) is 9.97 Å². The van der Waals surface area contributed by atoms with Crippen LogP contribution < -0.4 is 4.74 Å². The number of hydrogen-bond acceptors (Lipinski definition) is 3. The summed E-state index contributed by atoms with van der Waals surface area (Å²) in [5.41, 5.74) is 2.55. The Morgan fingerprint density at radius 3 is 2.55 bits per heavy atom. The number of methoxy groups -OCH3 is 1. The molecule has 0 unspecified atom stereocenters. The number of carbonyl (C=O) groups is 1. The van der Waals surface area contributed by atoms with Crippen molar-refractivity contribution in [2.24, 2.45) is 0 Å². The molecule has 0 saturated carbocycles. The van der Waals surface area contributed by atoms with Crippen LogP contribution in [0.2, 0.25) is 0 Å². The SMILES string of the molecule is COc1ccc(-c2cnc(C(=O)O)[nH]2)cc1C(C)(C)C. The van der Waals surface area contributed by atoms with Crippen LogP contribution in [0.5, 0.6) is 5.75 Å². The fraction of sp³-hybridized carbons (Fsp3) is 0.333. The fourth-order valence-corrected chi connectivity index (χ4v) is 2.04. The molecule has 1 heterocycles. The van der Waals surface area contributed by atoms with E-state index in [4.69, 9.17) is 9.84 Å².